The molecule has 0 fully saturated rings. The van der Waals surface area contributed by atoms with Gasteiger partial charge in [-0.3, -0.25) is 9.20 Å². The number of hydrogen-bond donors (Lipinski definition) is 0. The Bertz CT molecular complexity index is 537. The van der Waals surface area contributed by atoms with Crippen molar-refractivity contribution in [2.24, 2.45) is 0 Å². The van der Waals surface area contributed by atoms with Gasteiger partial charge in [0.05, 0.1) is 5.25 Å². The van der Waals surface area contributed by atoms with Crippen molar-refractivity contribution in [3.8, 4) is 0 Å². The molecule has 0 saturated heterocycles. The van der Waals surface area contributed by atoms with Crippen LogP contribution in [0.4, 0.5) is 0 Å². The van der Waals surface area contributed by atoms with Crippen LogP contribution in [0.5, 0.6) is 0 Å². The minimum absolute atomic E-state index is 0.0719. The Morgan fingerprint density at radius 2 is 2.18 bits per heavy atom. The number of fused-ring (bicyclic) bond motifs is 1. The molecule has 0 aliphatic carbocycles. The standard InChI is InChI=1S/C11H14N4OS/c1-8(10(16)14(2)3)17-11-13-12-9-6-4-5-7-15(9)11/h4-8H,1-3H3. The lowest BCUT2D eigenvalue weighted by atomic mass is 10.4. The molecule has 2 aromatic heterocycles. The predicted octanol–water partition coefficient (Wildman–Crippen LogP) is 1.30. The van der Waals surface area contributed by atoms with Gasteiger partial charge in [-0.2, -0.15) is 0 Å². The van der Waals surface area contributed by atoms with Crippen LogP contribution in [0, 0.1) is 0 Å². The average molecular weight is 250 g/mol. The van der Waals surface area contributed by atoms with E-state index in [4.69, 9.17) is 0 Å². The normalized spacial score (nSPS) is 12.6. The summed E-state index contributed by atoms with van der Waals surface area (Å²) in [5.41, 5.74) is 0.791. The van der Waals surface area contributed by atoms with Crippen LogP contribution in [0.15, 0.2) is 29.6 Å². The molecule has 6 heteroatoms. The van der Waals surface area contributed by atoms with Gasteiger partial charge < -0.3 is 4.90 Å². The van der Waals surface area contributed by atoms with Crippen LogP contribution in [0.25, 0.3) is 5.65 Å². The Kier molecular flexibility index (Phi) is 3.33. The van der Waals surface area contributed by atoms with Crippen LogP contribution in [0.2, 0.25) is 0 Å². The van der Waals surface area contributed by atoms with E-state index in [0.29, 0.717) is 0 Å². The highest BCUT2D eigenvalue weighted by Gasteiger charge is 2.18. The largest absolute Gasteiger partial charge is 0.348 e. The molecule has 0 saturated carbocycles. The van der Waals surface area contributed by atoms with E-state index in [-0.39, 0.29) is 11.2 Å². The first-order chi connectivity index (χ1) is 8.09. The van der Waals surface area contributed by atoms with Crippen LogP contribution >= 0.6 is 11.8 Å². The van der Waals surface area contributed by atoms with Crippen LogP contribution in [0.3, 0.4) is 0 Å². The Labute approximate surface area is 104 Å². The van der Waals surface area contributed by atoms with Gasteiger partial charge in [-0.25, -0.2) is 0 Å². The number of pyridine rings is 1. The van der Waals surface area contributed by atoms with Crippen LogP contribution in [-0.2, 0) is 4.79 Å². The zero-order chi connectivity index (χ0) is 12.4. The predicted molar refractivity (Wildman–Crippen MR) is 67.0 cm³/mol. The third-order valence-corrected chi connectivity index (χ3v) is 3.40. The molecule has 0 radical (unpaired) electrons. The van der Waals surface area contributed by atoms with E-state index in [1.807, 2.05) is 35.7 Å². The van der Waals surface area contributed by atoms with Gasteiger partial charge in [-0.1, -0.05) is 17.8 Å². The van der Waals surface area contributed by atoms with Crippen molar-refractivity contribution >= 4 is 23.3 Å². The first-order valence-corrected chi connectivity index (χ1v) is 6.15. The summed E-state index contributed by atoms with van der Waals surface area (Å²) in [5, 5.41) is 8.70. The van der Waals surface area contributed by atoms with Crippen molar-refractivity contribution in [2.45, 2.75) is 17.3 Å². The maximum atomic E-state index is 11.8. The summed E-state index contributed by atoms with van der Waals surface area (Å²) in [5.74, 6) is 0.0719. The third-order valence-electron chi connectivity index (χ3n) is 2.35. The van der Waals surface area contributed by atoms with Gasteiger partial charge in [-0.15, -0.1) is 10.2 Å². The fraction of sp³-hybridized carbons (Fsp3) is 0.364. The van der Waals surface area contributed by atoms with Crippen LogP contribution in [0.1, 0.15) is 6.92 Å². The summed E-state index contributed by atoms with van der Waals surface area (Å²) in [6.45, 7) is 1.87. The summed E-state index contributed by atoms with van der Waals surface area (Å²) < 4.78 is 1.88. The van der Waals surface area contributed by atoms with Gasteiger partial charge in [0.1, 0.15) is 0 Å². The molecule has 2 heterocycles. The van der Waals surface area contributed by atoms with Crippen molar-refractivity contribution in [1.29, 1.82) is 0 Å². The van der Waals surface area contributed by atoms with E-state index >= 15 is 0 Å². The highest BCUT2D eigenvalue weighted by molar-refractivity contribution is 8.00. The first-order valence-electron chi connectivity index (χ1n) is 5.27. The zero-order valence-corrected chi connectivity index (χ0v) is 10.8. The fourth-order valence-corrected chi connectivity index (χ4v) is 2.46. The summed E-state index contributed by atoms with van der Waals surface area (Å²) in [6.07, 6.45) is 1.89. The van der Waals surface area contributed by atoms with Crippen molar-refractivity contribution in [2.75, 3.05) is 14.1 Å². The second-order valence-corrected chi connectivity index (χ2v) is 5.21. The number of nitrogens with zero attached hydrogens (tertiary/aromatic N) is 4. The Morgan fingerprint density at radius 1 is 1.41 bits per heavy atom. The minimum Gasteiger partial charge on any atom is -0.348 e. The molecule has 5 nitrogen and oxygen atoms in total. The molecular formula is C11H14N4OS. The van der Waals surface area contributed by atoms with Gasteiger partial charge in [0, 0.05) is 20.3 Å². The third kappa shape index (κ3) is 2.41. The Morgan fingerprint density at radius 3 is 2.88 bits per heavy atom. The zero-order valence-electron chi connectivity index (χ0n) is 9.99. The molecule has 2 aromatic rings. The molecule has 1 amide bonds. The van der Waals surface area contributed by atoms with Gasteiger partial charge in [0.15, 0.2) is 10.8 Å². The molecule has 17 heavy (non-hydrogen) atoms. The number of thioether (sulfide) groups is 1. The fourth-order valence-electron chi connectivity index (χ4n) is 1.47. The van der Waals surface area contributed by atoms with Crippen molar-refractivity contribution in [3.63, 3.8) is 0 Å². The van der Waals surface area contributed by atoms with E-state index in [2.05, 4.69) is 10.2 Å². The van der Waals surface area contributed by atoms with E-state index in [9.17, 15) is 4.79 Å². The topological polar surface area (TPSA) is 50.5 Å². The molecule has 0 spiro atoms. The molecule has 0 aliphatic rings. The maximum absolute atomic E-state index is 11.8. The van der Waals surface area contributed by atoms with E-state index in [1.54, 1.807) is 19.0 Å². The molecule has 0 aliphatic heterocycles. The van der Waals surface area contributed by atoms with Crippen molar-refractivity contribution in [3.05, 3.63) is 24.4 Å². The summed E-state index contributed by atoms with van der Waals surface area (Å²) in [4.78, 5) is 13.3. The summed E-state index contributed by atoms with van der Waals surface area (Å²) in [7, 11) is 3.50. The second kappa shape index (κ2) is 4.75. The lowest BCUT2D eigenvalue weighted by Gasteiger charge is -2.15. The van der Waals surface area contributed by atoms with Crippen molar-refractivity contribution < 1.29 is 4.79 Å². The Hall–Kier alpha value is -1.56. The van der Waals surface area contributed by atoms with Crippen molar-refractivity contribution in [1.82, 2.24) is 19.5 Å². The molecule has 0 bridgehead atoms. The second-order valence-electron chi connectivity index (χ2n) is 3.90. The van der Waals surface area contributed by atoms with Gasteiger partial charge in [-0.05, 0) is 19.1 Å². The van der Waals surface area contributed by atoms with E-state index < -0.39 is 0 Å². The molecular weight excluding hydrogens is 236 g/mol. The lowest BCUT2D eigenvalue weighted by Crippen LogP contribution is -2.29. The number of rotatable bonds is 3. The molecule has 1 atom stereocenters. The minimum atomic E-state index is -0.169. The molecule has 1 unspecified atom stereocenters. The molecule has 0 N–H and O–H groups in total. The SMILES string of the molecule is CC(Sc1nnc2ccccn12)C(=O)N(C)C. The maximum Gasteiger partial charge on any atom is 0.235 e. The number of aromatic nitrogens is 3. The summed E-state index contributed by atoms with van der Waals surface area (Å²) in [6, 6.07) is 5.71. The van der Waals surface area contributed by atoms with Gasteiger partial charge in [0.2, 0.25) is 5.91 Å². The van der Waals surface area contributed by atoms with Gasteiger partial charge >= 0.3 is 0 Å². The number of carbonyl (C=O) groups excluding carboxylic acids is 1. The van der Waals surface area contributed by atoms with E-state index in [1.165, 1.54) is 11.8 Å². The quantitative estimate of drug-likeness (QED) is 0.770. The molecule has 2 rings (SSSR count). The molecule has 90 valence electrons. The number of amides is 1. The van der Waals surface area contributed by atoms with Crippen LogP contribution in [-0.4, -0.2) is 44.8 Å². The van der Waals surface area contributed by atoms with Crippen LogP contribution < -0.4 is 0 Å². The summed E-state index contributed by atoms with van der Waals surface area (Å²) >= 11 is 1.41. The van der Waals surface area contributed by atoms with Gasteiger partial charge in [0.25, 0.3) is 0 Å². The first kappa shape index (κ1) is 11.9. The highest BCUT2D eigenvalue weighted by Crippen LogP contribution is 2.22. The lowest BCUT2D eigenvalue weighted by molar-refractivity contribution is -0.127. The smallest absolute Gasteiger partial charge is 0.235 e. The Balaban J connectivity index is 2.21. The molecule has 0 aromatic carbocycles. The average Bonchev–Trinajstić information content (AvgIpc) is 2.71. The van der Waals surface area contributed by atoms with E-state index in [0.717, 1.165) is 10.8 Å². The monoisotopic (exact) mass is 250 g/mol. The number of hydrogen-bond acceptors (Lipinski definition) is 4. The highest BCUT2D eigenvalue weighted by atomic mass is 32.2. The number of carbonyl (C=O) groups is 1.